The Morgan fingerprint density at radius 3 is 2.22 bits per heavy atom. The molecule has 0 aliphatic rings. The highest BCUT2D eigenvalue weighted by Gasteiger charge is 2.10. The van der Waals surface area contributed by atoms with Gasteiger partial charge in [0.05, 0.1) is 14.2 Å². The van der Waals surface area contributed by atoms with Crippen molar-refractivity contribution in [2.45, 2.75) is 0 Å². The molecule has 0 atom stereocenters. The van der Waals surface area contributed by atoms with E-state index in [2.05, 4.69) is 0 Å². The van der Waals surface area contributed by atoms with E-state index in [1.165, 1.54) is 0 Å². The lowest BCUT2D eigenvalue weighted by atomic mass is 10.0. The number of aldehydes is 1. The fraction of sp³-hybridized carbons (Fsp3) is 0.133. The minimum absolute atomic E-state index is 0.588. The first-order chi connectivity index (χ1) is 8.80. The van der Waals surface area contributed by atoms with Crippen molar-refractivity contribution in [3.05, 3.63) is 48.0 Å². The van der Waals surface area contributed by atoms with E-state index >= 15 is 0 Å². The van der Waals surface area contributed by atoms with Gasteiger partial charge in [0.25, 0.3) is 0 Å². The van der Waals surface area contributed by atoms with Crippen molar-refractivity contribution in [3.63, 3.8) is 0 Å². The SMILES string of the molecule is COc1ccccc1-c1ccc(C=O)cc1OC. The third-order valence-corrected chi connectivity index (χ3v) is 2.76. The van der Waals surface area contributed by atoms with Gasteiger partial charge >= 0.3 is 0 Å². The Morgan fingerprint density at radius 2 is 1.56 bits per heavy atom. The third-order valence-electron chi connectivity index (χ3n) is 2.76. The number of para-hydroxylation sites is 1. The van der Waals surface area contributed by atoms with Crippen LogP contribution < -0.4 is 9.47 Å². The minimum atomic E-state index is 0.588. The molecule has 0 saturated carbocycles. The molecule has 0 N–H and O–H groups in total. The molecular formula is C15H14O3. The molecule has 0 aliphatic carbocycles. The number of carbonyl (C=O) groups excluding carboxylic acids is 1. The van der Waals surface area contributed by atoms with Crippen molar-refractivity contribution >= 4 is 6.29 Å². The number of rotatable bonds is 4. The van der Waals surface area contributed by atoms with Crippen molar-refractivity contribution in [2.24, 2.45) is 0 Å². The maximum absolute atomic E-state index is 10.8. The zero-order valence-corrected chi connectivity index (χ0v) is 10.3. The molecule has 2 aromatic rings. The Bertz CT molecular complexity index is 561. The van der Waals surface area contributed by atoms with E-state index in [0.717, 1.165) is 23.2 Å². The third kappa shape index (κ3) is 2.20. The lowest BCUT2D eigenvalue weighted by Gasteiger charge is -2.12. The number of hydrogen-bond acceptors (Lipinski definition) is 3. The maximum atomic E-state index is 10.8. The van der Waals surface area contributed by atoms with Crippen LogP contribution in [0.5, 0.6) is 11.5 Å². The van der Waals surface area contributed by atoms with E-state index in [4.69, 9.17) is 9.47 Å². The number of methoxy groups -OCH3 is 2. The molecule has 2 rings (SSSR count). The van der Waals surface area contributed by atoms with E-state index in [1.807, 2.05) is 30.3 Å². The molecule has 3 nitrogen and oxygen atoms in total. The maximum Gasteiger partial charge on any atom is 0.150 e. The fourth-order valence-electron chi connectivity index (χ4n) is 1.87. The second-order valence-electron chi connectivity index (χ2n) is 3.78. The monoisotopic (exact) mass is 242 g/mol. The fourth-order valence-corrected chi connectivity index (χ4v) is 1.87. The summed E-state index contributed by atoms with van der Waals surface area (Å²) in [5, 5.41) is 0. The summed E-state index contributed by atoms with van der Waals surface area (Å²) in [6.45, 7) is 0. The summed E-state index contributed by atoms with van der Waals surface area (Å²) >= 11 is 0. The first kappa shape index (κ1) is 12.2. The van der Waals surface area contributed by atoms with Gasteiger partial charge in [0, 0.05) is 16.7 Å². The highest BCUT2D eigenvalue weighted by molar-refractivity contribution is 5.82. The number of hydrogen-bond donors (Lipinski definition) is 0. The summed E-state index contributed by atoms with van der Waals surface area (Å²) < 4.78 is 10.7. The summed E-state index contributed by atoms with van der Waals surface area (Å²) in [5.74, 6) is 1.43. The van der Waals surface area contributed by atoms with Crippen molar-refractivity contribution in [2.75, 3.05) is 14.2 Å². The number of carbonyl (C=O) groups is 1. The summed E-state index contributed by atoms with van der Waals surface area (Å²) in [6.07, 6.45) is 0.800. The number of benzene rings is 2. The molecule has 0 aromatic heterocycles. The van der Waals surface area contributed by atoms with Crippen molar-refractivity contribution < 1.29 is 14.3 Å². The Kier molecular flexibility index (Phi) is 3.63. The van der Waals surface area contributed by atoms with Gasteiger partial charge in [0.2, 0.25) is 0 Å². The summed E-state index contributed by atoms with van der Waals surface area (Å²) in [7, 11) is 3.22. The Morgan fingerprint density at radius 1 is 0.889 bits per heavy atom. The second kappa shape index (κ2) is 5.36. The van der Waals surface area contributed by atoms with Crippen LogP contribution >= 0.6 is 0 Å². The van der Waals surface area contributed by atoms with Crippen molar-refractivity contribution in [1.82, 2.24) is 0 Å². The molecule has 0 saturated heterocycles. The normalized spacial score (nSPS) is 9.89. The smallest absolute Gasteiger partial charge is 0.150 e. The largest absolute Gasteiger partial charge is 0.496 e. The average Bonchev–Trinajstić information content (AvgIpc) is 2.46. The molecule has 0 fully saturated rings. The molecule has 0 amide bonds. The van der Waals surface area contributed by atoms with Crippen LogP contribution in [0.15, 0.2) is 42.5 Å². The Labute approximate surface area is 106 Å². The van der Waals surface area contributed by atoms with Crippen LogP contribution in [0.1, 0.15) is 10.4 Å². The number of ether oxygens (including phenoxy) is 2. The van der Waals surface area contributed by atoms with Crippen LogP contribution in [-0.4, -0.2) is 20.5 Å². The molecule has 0 unspecified atom stereocenters. The van der Waals surface area contributed by atoms with E-state index in [0.29, 0.717) is 11.3 Å². The van der Waals surface area contributed by atoms with Gasteiger partial charge in [-0.05, 0) is 18.2 Å². The second-order valence-corrected chi connectivity index (χ2v) is 3.78. The van der Waals surface area contributed by atoms with Crippen LogP contribution in [0.25, 0.3) is 11.1 Å². The molecule has 0 radical (unpaired) electrons. The van der Waals surface area contributed by atoms with Gasteiger partial charge in [-0.25, -0.2) is 0 Å². The minimum Gasteiger partial charge on any atom is -0.496 e. The lowest BCUT2D eigenvalue weighted by Crippen LogP contribution is -1.93. The molecule has 0 aliphatic heterocycles. The van der Waals surface area contributed by atoms with Crippen LogP contribution in [-0.2, 0) is 0 Å². The summed E-state index contributed by atoms with van der Waals surface area (Å²) in [5.41, 5.74) is 2.43. The summed E-state index contributed by atoms with van der Waals surface area (Å²) in [4.78, 5) is 10.8. The first-order valence-corrected chi connectivity index (χ1v) is 5.56. The molecule has 0 heterocycles. The van der Waals surface area contributed by atoms with E-state index in [-0.39, 0.29) is 0 Å². The van der Waals surface area contributed by atoms with Gasteiger partial charge in [-0.3, -0.25) is 4.79 Å². The topological polar surface area (TPSA) is 35.5 Å². The predicted molar refractivity (Wildman–Crippen MR) is 70.4 cm³/mol. The standard InChI is InChI=1S/C15H14O3/c1-17-14-6-4-3-5-12(14)13-8-7-11(10-16)9-15(13)18-2/h3-10H,1-2H3. The Hall–Kier alpha value is -2.29. The van der Waals surface area contributed by atoms with E-state index in [9.17, 15) is 4.79 Å². The van der Waals surface area contributed by atoms with E-state index in [1.54, 1.807) is 26.4 Å². The molecule has 0 bridgehead atoms. The van der Waals surface area contributed by atoms with Gasteiger partial charge in [-0.2, -0.15) is 0 Å². The molecule has 2 aromatic carbocycles. The highest BCUT2D eigenvalue weighted by Crippen LogP contribution is 2.36. The van der Waals surface area contributed by atoms with E-state index < -0.39 is 0 Å². The van der Waals surface area contributed by atoms with Gasteiger partial charge in [-0.15, -0.1) is 0 Å². The summed E-state index contributed by atoms with van der Waals surface area (Å²) in [6, 6.07) is 13.0. The average molecular weight is 242 g/mol. The lowest BCUT2D eigenvalue weighted by molar-refractivity contribution is 0.112. The molecule has 0 spiro atoms. The zero-order chi connectivity index (χ0) is 13.0. The molecule has 3 heteroatoms. The molecular weight excluding hydrogens is 228 g/mol. The van der Waals surface area contributed by atoms with Gasteiger partial charge < -0.3 is 9.47 Å². The zero-order valence-electron chi connectivity index (χ0n) is 10.3. The predicted octanol–water partition coefficient (Wildman–Crippen LogP) is 3.18. The van der Waals surface area contributed by atoms with Gasteiger partial charge in [0.1, 0.15) is 17.8 Å². The molecule has 18 heavy (non-hydrogen) atoms. The van der Waals surface area contributed by atoms with Gasteiger partial charge in [-0.1, -0.05) is 24.3 Å². The quantitative estimate of drug-likeness (QED) is 0.772. The van der Waals surface area contributed by atoms with Gasteiger partial charge in [0.15, 0.2) is 0 Å². The Balaban J connectivity index is 2.59. The highest BCUT2D eigenvalue weighted by atomic mass is 16.5. The van der Waals surface area contributed by atoms with Crippen LogP contribution in [0.4, 0.5) is 0 Å². The van der Waals surface area contributed by atoms with Crippen LogP contribution in [0, 0.1) is 0 Å². The van der Waals surface area contributed by atoms with Crippen LogP contribution in [0.2, 0.25) is 0 Å². The first-order valence-electron chi connectivity index (χ1n) is 5.56. The van der Waals surface area contributed by atoms with Crippen LogP contribution in [0.3, 0.4) is 0 Å². The molecule has 92 valence electrons. The van der Waals surface area contributed by atoms with Crippen molar-refractivity contribution in [3.8, 4) is 22.6 Å². The van der Waals surface area contributed by atoms with Crippen molar-refractivity contribution in [1.29, 1.82) is 0 Å².